The predicted octanol–water partition coefficient (Wildman–Crippen LogP) is 4.21. The Bertz CT molecular complexity index is 1150. The van der Waals surface area contributed by atoms with E-state index in [0.717, 1.165) is 12.0 Å². The number of methoxy groups -OCH3 is 1. The minimum absolute atomic E-state index is 0.0115. The Morgan fingerprint density at radius 1 is 1.23 bits per heavy atom. The predicted molar refractivity (Wildman–Crippen MR) is 134 cm³/mol. The number of ether oxygens (including phenoxy) is 1. The second-order valence-corrected chi connectivity index (χ2v) is 10.8. The highest BCUT2D eigenvalue weighted by atomic mass is 16.5. The van der Waals surface area contributed by atoms with Gasteiger partial charge in [0.2, 0.25) is 5.91 Å². The Morgan fingerprint density at radius 3 is 2.71 bits per heavy atom. The van der Waals surface area contributed by atoms with Crippen molar-refractivity contribution in [2.75, 3.05) is 13.7 Å². The molecule has 0 radical (unpaired) electrons. The van der Waals surface area contributed by atoms with Crippen molar-refractivity contribution in [3.05, 3.63) is 70.8 Å². The standard InChI is InChI=1S/C28H34N4O3/c1-27(2)17-24(33)32(26(29)31-27)23(11-14-35-3)18-7-6-8-19(15-18)25(34)30-22-16-28(12-13-28)21-10-5-4-9-20(21)22/h4-10,15,22-23H,11-14,16-17H2,1-3H3,(H2,29,31)(H,30,34)/t22-,23?/m0/s1. The lowest BCUT2D eigenvalue weighted by Gasteiger charge is -2.42. The molecule has 1 unspecified atom stereocenters. The van der Waals surface area contributed by atoms with E-state index in [4.69, 9.17) is 10.1 Å². The van der Waals surface area contributed by atoms with E-state index in [1.807, 2.05) is 44.2 Å². The lowest BCUT2D eigenvalue weighted by Crippen LogP contribution is -2.60. The molecule has 2 aromatic carbocycles. The van der Waals surface area contributed by atoms with E-state index >= 15 is 0 Å². The van der Waals surface area contributed by atoms with Crippen LogP contribution in [0.4, 0.5) is 0 Å². The molecule has 2 amide bonds. The summed E-state index contributed by atoms with van der Waals surface area (Å²) in [5.41, 5.74) is 3.78. The molecular weight excluding hydrogens is 440 g/mol. The van der Waals surface area contributed by atoms with E-state index < -0.39 is 11.6 Å². The van der Waals surface area contributed by atoms with Crippen LogP contribution in [-0.4, -0.2) is 41.9 Å². The summed E-state index contributed by atoms with van der Waals surface area (Å²) < 4.78 is 5.31. The molecular formula is C28H34N4O3. The lowest BCUT2D eigenvalue weighted by atomic mass is 9.94. The topological polar surface area (TPSA) is 94.5 Å². The van der Waals surface area contributed by atoms with Gasteiger partial charge in [-0.05, 0) is 73.8 Å². The molecule has 2 atom stereocenters. The zero-order valence-corrected chi connectivity index (χ0v) is 20.7. The molecule has 35 heavy (non-hydrogen) atoms. The maximum Gasteiger partial charge on any atom is 0.251 e. The minimum atomic E-state index is -0.464. The van der Waals surface area contributed by atoms with Crippen LogP contribution < -0.4 is 10.6 Å². The van der Waals surface area contributed by atoms with Gasteiger partial charge in [-0.25, -0.2) is 0 Å². The minimum Gasteiger partial charge on any atom is -0.385 e. The Labute approximate surface area is 206 Å². The Balaban J connectivity index is 1.38. The van der Waals surface area contributed by atoms with Gasteiger partial charge in [-0.3, -0.25) is 19.9 Å². The van der Waals surface area contributed by atoms with Gasteiger partial charge in [0.1, 0.15) is 0 Å². The van der Waals surface area contributed by atoms with Crippen LogP contribution in [0.25, 0.3) is 0 Å². The van der Waals surface area contributed by atoms with Crippen LogP contribution in [0.2, 0.25) is 0 Å². The molecule has 3 aliphatic rings. The SMILES string of the molecule is COCCC(c1cccc(C(=O)N[C@H]2CC3(CC3)c3ccccc32)c1)N1C(=N)NC(C)(C)CC1=O. The van der Waals surface area contributed by atoms with Gasteiger partial charge in [0.15, 0.2) is 5.96 Å². The van der Waals surface area contributed by atoms with Gasteiger partial charge in [-0.15, -0.1) is 0 Å². The number of nitrogens with zero attached hydrogens (tertiary/aromatic N) is 1. The van der Waals surface area contributed by atoms with Crippen molar-refractivity contribution in [3.8, 4) is 0 Å². The van der Waals surface area contributed by atoms with Crippen molar-refractivity contribution in [3.63, 3.8) is 0 Å². The summed E-state index contributed by atoms with van der Waals surface area (Å²) in [5.74, 6) is -0.138. The summed E-state index contributed by atoms with van der Waals surface area (Å²) in [7, 11) is 1.62. The molecule has 1 saturated carbocycles. The first kappa shape index (κ1) is 23.5. The van der Waals surface area contributed by atoms with Crippen molar-refractivity contribution in [2.45, 2.75) is 69.0 Å². The highest BCUT2D eigenvalue weighted by Gasteiger charge is 2.52. The van der Waals surface area contributed by atoms with Gasteiger partial charge in [-0.2, -0.15) is 0 Å². The summed E-state index contributed by atoms with van der Waals surface area (Å²) >= 11 is 0. The monoisotopic (exact) mass is 474 g/mol. The number of amides is 2. The Hall–Kier alpha value is -3.19. The maximum atomic E-state index is 13.3. The fraction of sp³-hybridized carbons (Fsp3) is 0.464. The molecule has 2 fully saturated rings. The van der Waals surface area contributed by atoms with Crippen LogP contribution in [0.15, 0.2) is 48.5 Å². The lowest BCUT2D eigenvalue weighted by molar-refractivity contribution is -0.132. The number of carbonyl (C=O) groups excluding carboxylic acids is 2. The molecule has 7 heteroatoms. The highest BCUT2D eigenvalue weighted by Crippen LogP contribution is 2.59. The van der Waals surface area contributed by atoms with E-state index in [0.29, 0.717) is 25.0 Å². The molecule has 1 spiro atoms. The van der Waals surface area contributed by atoms with E-state index in [9.17, 15) is 9.59 Å². The molecule has 0 aromatic heterocycles. The van der Waals surface area contributed by atoms with Crippen molar-refractivity contribution < 1.29 is 14.3 Å². The van der Waals surface area contributed by atoms with Gasteiger partial charge in [0.25, 0.3) is 5.91 Å². The average Bonchev–Trinajstić information content (AvgIpc) is 3.53. The summed E-state index contributed by atoms with van der Waals surface area (Å²) in [6.45, 7) is 4.26. The number of rotatable bonds is 7. The van der Waals surface area contributed by atoms with Gasteiger partial charge in [0.05, 0.1) is 12.1 Å². The quantitative estimate of drug-likeness (QED) is 0.560. The summed E-state index contributed by atoms with van der Waals surface area (Å²) in [4.78, 5) is 27.9. The van der Waals surface area contributed by atoms with Crippen LogP contribution >= 0.6 is 0 Å². The van der Waals surface area contributed by atoms with Gasteiger partial charge in [0, 0.05) is 31.2 Å². The molecule has 184 valence electrons. The summed E-state index contributed by atoms with van der Waals surface area (Å²) in [5, 5.41) is 14.9. The molecule has 3 N–H and O–H groups in total. The number of fused-ring (bicyclic) bond motifs is 2. The number of carbonyl (C=O) groups is 2. The highest BCUT2D eigenvalue weighted by molar-refractivity contribution is 5.99. The number of hydrogen-bond donors (Lipinski definition) is 3. The average molecular weight is 475 g/mol. The van der Waals surface area contributed by atoms with E-state index in [2.05, 4.69) is 28.8 Å². The Kier molecular flexibility index (Phi) is 5.91. The van der Waals surface area contributed by atoms with Crippen molar-refractivity contribution in [1.82, 2.24) is 15.5 Å². The van der Waals surface area contributed by atoms with Gasteiger partial charge < -0.3 is 15.4 Å². The number of guanidine groups is 1. The van der Waals surface area contributed by atoms with Crippen molar-refractivity contribution >= 4 is 17.8 Å². The fourth-order valence-corrected chi connectivity index (χ4v) is 5.79. The van der Waals surface area contributed by atoms with Gasteiger partial charge in [-0.1, -0.05) is 36.4 Å². The van der Waals surface area contributed by atoms with Crippen LogP contribution in [0.5, 0.6) is 0 Å². The van der Waals surface area contributed by atoms with E-state index in [1.165, 1.54) is 28.9 Å². The van der Waals surface area contributed by atoms with E-state index in [-0.39, 0.29) is 29.2 Å². The van der Waals surface area contributed by atoms with Crippen LogP contribution in [-0.2, 0) is 14.9 Å². The van der Waals surface area contributed by atoms with Crippen molar-refractivity contribution in [2.24, 2.45) is 0 Å². The fourth-order valence-electron chi connectivity index (χ4n) is 5.79. The Morgan fingerprint density at radius 2 is 2.00 bits per heavy atom. The first-order valence-corrected chi connectivity index (χ1v) is 12.4. The van der Waals surface area contributed by atoms with Crippen LogP contribution in [0.3, 0.4) is 0 Å². The molecule has 0 bridgehead atoms. The van der Waals surface area contributed by atoms with Crippen LogP contribution in [0, 0.1) is 5.41 Å². The molecule has 7 nitrogen and oxygen atoms in total. The number of hydrogen-bond acceptors (Lipinski definition) is 4. The first-order valence-electron chi connectivity index (χ1n) is 12.4. The second-order valence-electron chi connectivity index (χ2n) is 10.8. The third-order valence-electron chi connectivity index (χ3n) is 7.66. The molecule has 1 saturated heterocycles. The summed E-state index contributed by atoms with van der Waals surface area (Å²) in [6, 6.07) is 15.5. The van der Waals surface area contributed by atoms with Crippen LogP contribution in [0.1, 0.15) is 85.1 Å². The number of benzene rings is 2. The molecule has 2 aliphatic carbocycles. The normalized spacial score (nSPS) is 22.5. The number of nitrogens with one attached hydrogen (secondary N) is 3. The van der Waals surface area contributed by atoms with Crippen molar-refractivity contribution in [1.29, 1.82) is 5.41 Å². The second kappa shape index (κ2) is 8.79. The maximum absolute atomic E-state index is 13.3. The van der Waals surface area contributed by atoms with E-state index in [1.54, 1.807) is 7.11 Å². The molecule has 5 rings (SSSR count). The smallest absolute Gasteiger partial charge is 0.251 e. The zero-order valence-electron chi connectivity index (χ0n) is 20.7. The third kappa shape index (κ3) is 4.45. The largest absolute Gasteiger partial charge is 0.385 e. The molecule has 2 aromatic rings. The molecule has 1 aliphatic heterocycles. The summed E-state index contributed by atoms with van der Waals surface area (Å²) in [6.07, 6.45) is 4.15. The first-order chi connectivity index (χ1) is 16.7. The zero-order chi connectivity index (χ0) is 24.8. The third-order valence-corrected chi connectivity index (χ3v) is 7.66. The van der Waals surface area contributed by atoms with Gasteiger partial charge >= 0.3 is 0 Å². The molecule has 1 heterocycles.